The van der Waals surface area contributed by atoms with Crippen LogP contribution in [0.5, 0.6) is 0 Å². The lowest BCUT2D eigenvalue weighted by Gasteiger charge is -2.09. The maximum atomic E-state index is 11.6. The summed E-state index contributed by atoms with van der Waals surface area (Å²) in [7, 11) is 0. The largest absolute Gasteiger partial charge is 0.144 e. The standard InChI is InChI=1S/C11H13F.C9H12.2C2H6/c1-2-3-10-4-6-11(7-5-10)8-9-12;1-2-6-9-7-4-3-5-8-9;2*1-2/h4,6H,2-3,5,7H2,1H3;3-5,7-8H,2,6H2,1H3;2*1-2H3. The van der Waals surface area contributed by atoms with Crippen LogP contribution in [-0.4, -0.2) is 0 Å². The number of allylic oxidation sites excluding steroid dienone is 4. The van der Waals surface area contributed by atoms with Crippen molar-refractivity contribution in [1.29, 1.82) is 0 Å². The fraction of sp³-hybridized carbons (Fsp3) is 0.500. The molecule has 140 valence electrons. The van der Waals surface area contributed by atoms with Gasteiger partial charge in [0.2, 0.25) is 0 Å². The van der Waals surface area contributed by atoms with Gasteiger partial charge in [-0.3, -0.25) is 0 Å². The zero-order valence-electron chi connectivity index (χ0n) is 17.2. The van der Waals surface area contributed by atoms with Crippen LogP contribution in [0.15, 0.2) is 53.6 Å². The zero-order valence-corrected chi connectivity index (χ0v) is 17.2. The van der Waals surface area contributed by atoms with Crippen LogP contribution in [0.3, 0.4) is 0 Å². The van der Waals surface area contributed by atoms with Gasteiger partial charge in [0.15, 0.2) is 0 Å². The Labute approximate surface area is 156 Å². The SMILES string of the molecule is CC.CC.CCCC1=CC=C(C#CF)CC1.CCCc1ccccc1. The number of hydrogen-bond donors (Lipinski definition) is 0. The first-order valence-corrected chi connectivity index (χ1v) is 9.84. The minimum atomic E-state index is 0.906. The van der Waals surface area contributed by atoms with E-state index >= 15 is 0 Å². The molecule has 0 bridgehead atoms. The van der Waals surface area contributed by atoms with Gasteiger partial charge in [0.1, 0.15) is 6.17 Å². The van der Waals surface area contributed by atoms with Gasteiger partial charge in [0, 0.05) is 5.57 Å². The van der Waals surface area contributed by atoms with Crippen molar-refractivity contribution in [3.8, 4) is 12.1 Å². The summed E-state index contributed by atoms with van der Waals surface area (Å²) in [5.41, 5.74) is 3.82. The van der Waals surface area contributed by atoms with Crippen molar-refractivity contribution < 1.29 is 4.39 Å². The summed E-state index contributed by atoms with van der Waals surface area (Å²) in [5.74, 6) is 2.45. The second kappa shape index (κ2) is 20.2. The Morgan fingerprint density at radius 3 is 1.88 bits per heavy atom. The fourth-order valence-electron chi connectivity index (χ4n) is 2.31. The maximum absolute atomic E-state index is 11.6. The average molecular weight is 345 g/mol. The fourth-order valence-corrected chi connectivity index (χ4v) is 2.31. The summed E-state index contributed by atoms with van der Waals surface area (Å²) in [6, 6.07) is 10.6. The molecule has 25 heavy (non-hydrogen) atoms. The molecule has 1 aromatic rings. The van der Waals surface area contributed by atoms with E-state index < -0.39 is 0 Å². The van der Waals surface area contributed by atoms with E-state index in [1.807, 2.05) is 33.8 Å². The van der Waals surface area contributed by atoms with Crippen LogP contribution in [0.25, 0.3) is 0 Å². The first kappa shape index (κ1) is 25.4. The highest BCUT2D eigenvalue weighted by Crippen LogP contribution is 2.20. The van der Waals surface area contributed by atoms with Crippen LogP contribution >= 0.6 is 0 Å². The van der Waals surface area contributed by atoms with Crippen molar-refractivity contribution in [3.63, 3.8) is 0 Å². The normalized spacial score (nSPS) is 11.5. The molecule has 0 unspecified atom stereocenters. The Morgan fingerprint density at radius 1 is 0.840 bits per heavy atom. The summed E-state index contributed by atoms with van der Waals surface area (Å²) in [4.78, 5) is 0. The van der Waals surface area contributed by atoms with Gasteiger partial charge in [-0.25, -0.2) is 0 Å². The average Bonchev–Trinajstić information content (AvgIpc) is 2.69. The highest BCUT2D eigenvalue weighted by Gasteiger charge is 2.03. The molecule has 1 aliphatic rings. The molecule has 0 aliphatic heterocycles. The van der Waals surface area contributed by atoms with Crippen LogP contribution in [0, 0.1) is 12.1 Å². The minimum Gasteiger partial charge on any atom is -0.144 e. The second-order valence-electron chi connectivity index (χ2n) is 5.22. The van der Waals surface area contributed by atoms with E-state index in [1.54, 1.807) is 0 Å². The van der Waals surface area contributed by atoms with Crippen molar-refractivity contribution >= 4 is 0 Å². The van der Waals surface area contributed by atoms with Crippen molar-refractivity contribution in [3.05, 3.63) is 59.2 Å². The Balaban J connectivity index is 0. The molecule has 0 N–H and O–H groups in total. The maximum Gasteiger partial charge on any atom is 0.110 e. The van der Waals surface area contributed by atoms with Gasteiger partial charge in [-0.2, -0.15) is 0 Å². The number of rotatable bonds is 4. The molecule has 1 aliphatic carbocycles. The highest BCUT2D eigenvalue weighted by atomic mass is 19.1. The number of aryl methyl sites for hydroxylation is 1. The van der Waals surface area contributed by atoms with E-state index in [4.69, 9.17) is 0 Å². The number of halogens is 1. The van der Waals surface area contributed by atoms with E-state index in [2.05, 4.69) is 56.2 Å². The van der Waals surface area contributed by atoms with Crippen LogP contribution < -0.4 is 0 Å². The van der Waals surface area contributed by atoms with Crippen LogP contribution in [-0.2, 0) is 6.42 Å². The first-order valence-electron chi connectivity index (χ1n) is 9.84. The second-order valence-corrected chi connectivity index (χ2v) is 5.22. The molecule has 0 saturated heterocycles. The molecule has 0 aromatic heterocycles. The Bertz CT molecular complexity index is 512. The molecular weight excluding hydrogens is 307 g/mol. The summed E-state index contributed by atoms with van der Waals surface area (Å²) in [5, 5.41) is 0. The van der Waals surface area contributed by atoms with Crippen LogP contribution in [0.2, 0.25) is 0 Å². The first-order chi connectivity index (χ1) is 12.3. The van der Waals surface area contributed by atoms with E-state index in [9.17, 15) is 4.39 Å². The zero-order chi connectivity index (χ0) is 19.3. The molecule has 0 radical (unpaired) electrons. The van der Waals surface area contributed by atoms with E-state index in [-0.39, 0.29) is 0 Å². The molecule has 2 rings (SSSR count). The summed E-state index contributed by atoms with van der Waals surface area (Å²) >= 11 is 0. The van der Waals surface area contributed by atoms with Gasteiger partial charge < -0.3 is 0 Å². The van der Waals surface area contributed by atoms with E-state index in [1.165, 1.54) is 36.6 Å². The third-order valence-electron chi connectivity index (χ3n) is 3.40. The van der Waals surface area contributed by atoms with E-state index in [0.29, 0.717) is 0 Å². The van der Waals surface area contributed by atoms with Gasteiger partial charge in [-0.15, -0.1) is 4.39 Å². The summed E-state index contributed by atoms with van der Waals surface area (Å²) in [6.45, 7) is 12.4. The predicted molar refractivity (Wildman–Crippen MR) is 112 cm³/mol. The van der Waals surface area contributed by atoms with Crippen molar-refractivity contribution in [2.24, 2.45) is 0 Å². The molecule has 0 spiro atoms. The molecule has 0 nitrogen and oxygen atoms in total. The minimum absolute atomic E-state index is 0.906. The van der Waals surface area contributed by atoms with Crippen molar-refractivity contribution in [2.75, 3.05) is 0 Å². The van der Waals surface area contributed by atoms with Gasteiger partial charge in [0.05, 0.1) is 0 Å². The molecule has 0 atom stereocenters. The van der Waals surface area contributed by atoms with Gasteiger partial charge >= 0.3 is 0 Å². The van der Waals surface area contributed by atoms with Crippen molar-refractivity contribution in [1.82, 2.24) is 0 Å². The Morgan fingerprint density at radius 2 is 1.44 bits per heavy atom. The van der Waals surface area contributed by atoms with Crippen LogP contribution in [0.1, 0.15) is 79.2 Å². The molecule has 1 heteroatoms. The predicted octanol–water partition coefficient (Wildman–Crippen LogP) is 8.06. The lowest BCUT2D eigenvalue weighted by molar-refractivity contribution is 0.771. The molecule has 0 saturated carbocycles. The van der Waals surface area contributed by atoms with Crippen molar-refractivity contribution in [2.45, 2.75) is 80.1 Å². The van der Waals surface area contributed by atoms with Gasteiger partial charge in [0.25, 0.3) is 0 Å². The third-order valence-corrected chi connectivity index (χ3v) is 3.40. The summed E-state index contributed by atoms with van der Waals surface area (Å²) < 4.78 is 11.6. The van der Waals surface area contributed by atoms with Gasteiger partial charge in [-0.05, 0) is 37.2 Å². The number of benzene rings is 1. The quantitative estimate of drug-likeness (QED) is 0.484. The molecule has 1 aromatic carbocycles. The molecule has 0 fully saturated rings. The summed E-state index contributed by atoms with van der Waals surface area (Å²) in [6.07, 6.45) is 12.2. The third kappa shape index (κ3) is 14.3. The molecular formula is C24H37F. The number of hydrogen-bond acceptors (Lipinski definition) is 0. The Hall–Kier alpha value is -1.81. The lowest BCUT2D eigenvalue weighted by atomic mass is 9.96. The monoisotopic (exact) mass is 344 g/mol. The smallest absolute Gasteiger partial charge is 0.110 e. The Kier molecular flexibility index (Phi) is 20.6. The lowest BCUT2D eigenvalue weighted by Crippen LogP contribution is -1.91. The highest BCUT2D eigenvalue weighted by molar-refractivity contribution is 5.35. The molecule has 0 amide bonds. The van der Waals surface area contributed by atoms with Gasteiger partial charge in [-0.1, -0.05) is 102 Å². The van der Waals surface area contributed by atoms with Crippen LogP contribution in [0.4, 0.5) is 4.39 Å². The molecule has 0 heterocycles. The van der Waals surface area contributed by atoms with E-state index in [0.717, 1.165) is 24.8 Å². The topological polar surface area (TPSA) is 0 Å².